The van der Waals surface area contributed by atoms with Gasteiger partial charge in [-0.3, -0.25) is 19.0 Å². The molecule has 9 nitrogen and oxygen atoms in total. The predicted molar refractivity (Wildman–Crippen MR) is 164 cm³/mol. The maximum Gasteiger partial charge on any atom is 0.264 e. The normalized spacial score (nSPS) is 11.9. The molecule has 0 saturated carbocycles. The van der Waals surface area contributed by atoms with Crippen molar-refractivity contribution in [3.63, 3.8) is 0 Å². The number of para-hydroxylation sites is 1. The Labute approximate surface area is 244 Å². The monoisotopic (exact) mass is 576 g/mol. The average molecular weight is 577 g/mol. The zero-order chi connectivity index (χ0) is 29.2. The summed E-state index contributed by atoms with van der Waals surface area (Å²) in [5, 5.41) is 7.41. The number of H-pyrrole nitrogens is 1. The molecule has 0 saturated heterocycles. The first kappa shape index (κ1) is 26.9. The summed E-state index contributed by atoms with van der Waals surface area (Å²) >= 11 is 7.10. The fraction of sp³-hybridized carbons (Fsp3) is 0.0938. The van der Waals surface area contributed by atoms with Crippen LogP contribution in [0.2, 0.25) is 5.02 Å². The molecule has 0 bridgehead atoms. The molecular formula is C32H25ClN6O3. The smallest absolute Gasteiger partial charge is 0.264 e. The van der Waals surface area contributed by atoms with Crippen LogP contribution in [0.4, 0.5) is 5.82 Å². The van der Waals surface area contributed by atoms with E-state index in [0.717, 1.165) is 5.56 Å². The molecule has 1 amide bonds. The first-order chi connectivity index (χ1) is 20.4. The Morgan fingerprint density at radius 1 is 0.929 bits per heavy atom. The van der Waals surface area contributed by atoms with E-state index in [1.165, 1.54) is 23.2 Å². The number of hydrogen-bond acceptors (Lipinski definition) is 6. The van der Waals surface area contributed by atoms with Crippen molar-refractivity contribution in [1.29, 1.82) is 0 Å². The summed E-state index contributed by atoms with van der Waals surface area (Å²) in [7, 11) is 0. The van der Waals surface area contributed by atoms with Crippen molar-refractivity contribution < 1.29 is 4.79 Å². The number of amides is 1. The minimum atomic E-state index is -0.594. The van der Waals surface area contributed by atoms with E-state index in [1.54, 1.807) is 30.3 Å². The Morgan fingerprint density at radius 2 is 1.67 bits per heavy atom. The van der Waals surface area contributed by atoms with Gasteiger partial charge in [0.15, 0.2) is 5.43 Å². The fourth-order valence-electron chi connectivity index (χ4n) is 5.09. The molecule has 42 heavy (non-hydrogen) atoms. The van der Waals surface area contributed by atoms with E-state index in [2.05, 4.69) is 25.6 Å². The molecule has 3 aromatic heterocycles. The maximum atomic E-state index is 14.3. The Hall–Kier alpha value is -5.28. The van der Waals surface area contributed by atoms with Gasteiger partial charge in [-0.1, -0.05) is 72.3 Å². The maximum absolute atomic E-state index is 14.3. The average Bonchev–Trinajstić information content (AvgIpc) is 3.02. The summed E-state index contributed by atoms with van der Waals surface area (Å²) in [6.45, 7) is 2.13. The van der Waals surface area contributed by atoms with Crippen molar-refractivity contribution in [2.75, 3.05) is 5.32 Å². The number of halogens is 1. The van der Waals surface area contributed by atoms with E-state index >= 15 is 0 Å². The number of carbonyl (C=O) groups excluding carboxylic acids is 1. The highest BCUT2D eigenvalue weighted by Crippen LogP contribution is 2.34. The van der Waals surface area contributed by atoms with Gasteiger partial charge in [-0.25, -0.2) is 9.97 Å². The van der Waals surface area contributed by atoms with Crippen LogP contribution in [0.25, 0.3) is 27.5 Å². The van der Waals surface area contributed by atoms with Crippen LogP contribution in [0.3, 0.4) is 0 Å². The number of anilines is 1. The summed E-state index contributed by atoms with van der Waals surface area (Å²) in [6, 6.07) is 24.5. The molecule has 1 atom stereocenters. The number of hydrogen-bond donors (Lipinski definition) is 3. The Kier molecular flexibility index (Phi) is 7.24. The summed E-state index contributed by atoms with van der Waals surface area (Å²) < 4.78 is 1.50. The van der Waals surface area contributed by atoms with E-state index in [9.17, 15) is 14.4 Å². The Bertz CT molecular complexity index is 2050. The van der Waals surface area contributed by atoms with Gasteiger partial charge in [0.25, 0.3) is 11.5 Å². The lowest BCUT2D eigenvalue weighted by Gasteiger charge is -2.24. The number of nitrogens with zero attached hydrogens (tertiary/aromatic N) is 3. The SMILES string of the molecule is C[C@H](Nc1ncnc2[nH]ccc(=O)c12)c1c(Cl)c2cccc(C(=O)NCc3ccccc3)c2c(=O)n1-c1ccccc1. The van der Waals surface area contributed by atoms with Gasteiger partial charge >= 0.3 is 0 Å². The largest absolute Gasteiger partial charge is 0.361 e. The number of carbonyl (C=O) groups is 1. The highest BCUT2D eigenvalue weighted by atomic mass is 35.5. The fourth-order valence-corrected chi connectivity index (χ4v) is 5.50. The standard InChI is InChI=1S/C32H25ClN6O3/c1-19(38-30-26-24(40)15-16-34-29(26)36-18-37-30)28-27(33)22-13-8-14-23(31(41)35-17-20-9-4-2-5-10-20)25(22)32(42)39(28)21-11-6-3-7-12-21/h2-16,18-19H,17H2,1H3,(H,35,41)(H2,34,36,37,38,40)/t19-/m0/s1. The second-order valence-electron chi connectivity index (χ2n) is 9.73. The van der Waals surface area contributed by atoms with Crippen LogP contribution in [0.5, 0.6) is 0 Å². The third-order valence-electron chi connectivity index (χ3n) is 7.05. The first-order valence-electron chi connectivity index (χ1n) is 13.3. The quantitative estimate of drug-likeness (QED) is 0.235. The lowest BCUT2D eigenvalue weighted by molar-refractivity contribution is 0.0952. The molecule has 0 spiro atoms. The Balaban J connectivity index is 1.51. The van der Waals surface area contributed by atoms with Gasteiger partial charge in [0.2, 0.25) is 0 Å². The molecule has 3 heterocycles. The summed E-state index contributed by atoms with van der Waals surface area (Å²) in [6.07, 6.45) is 2.87. The van der Waals surface area contributed by atoms with Crippen LogP contribution < -0.4 is 21.6 Å². The van der Waals surface area contributed by atoms with Gasteiger partial charge in [0.1, 0.15) is 23.2 Å². The number of benzene rings is 3. The molecule has 10 heteroatoms. The van der Waals surface area contributed by atoms with Crippen molar-refractivity contribution in [2.45, 2.75) is 19.5 Å². The number of aromatic amines is 1. The van der Waals surface area contributed by atoms with Crippen LogP contribution in [0.1, 0.15) is 34.6 Å². The molecule has 0 aliphatic rings. The minimum Gasteiger partial charge on any atom is -0.361 e. The first-order valence-corrected chi connectivity index (χ1v) is 13.7. The molecule has 0 fully saturated rings. The lowest BCUT2D eigenvalue weighted by atomic mass is 10.0. The summed E-state index contributed by atoms with van der Waals surface area (Å²) in [5.74, 6) is -0.0885. The van der Waals surface area contributed by atoms with Crippen LogP contribution in [0.15, 0.2) is 107 Å². The Morgan fingerprint density at radius 3 is 2.43 bits per heavy atom. The van der Waals surface area contributed by atoms with E-state index in [1.807, 2.05) is 55.5 Å². The molecule has 0 unspecified atom stereocenters. The van der Waals surface area contributed by atoms with Crippen molar-refractivity contribution in [1.82, 2.24) is 24.8 Å². The van der Waals surface area contributed by atoms with Crippen molar-refractivity contribution in [3.8, 4) is 5.69 Å². The number of rotatable bonds is 7. The number of fused-ring (bicyclic) bond motifs is 2. The molecule has 208 valence electrons. The van der Waals surface area contributed by atoms with Gasteiger partial charge in [-0.15, -0.1) is 0 Å². The number of aromatic nitrogens is 4. The van der Waals surface area contributed by atoms with Gasteiger partial charge in [0.05, 0.1) is 27.7 Å². The third kappa shape index (κ3) is 4.90. The molecule has 6 rings (SSSR count). The van der Waals surface area contributed by atoms with E-state index in [-0.39, 0.29) is 27.7 Å². The highest BCUT2D eigenvalue weighted by Gasteiger charge is 2.25. The lowest BCUT2D eigenvalue weighted by Crippen LogP contribution is -2.29. The second-order valence-corrected chi connectivity index (χ2v) is 10.1. The van der Waals surface area contributed by atoms with Crippen LogP contribution in [-0.2, 0) is 6.54 Å². The van der Waals surface area contributed by atoms with Gasteiger partial charge < -0.3 is 15.6 Å². The molecule has 0 aliphatic heterocycles. The zero-order valence-electron chi connectivity index (χ0n) is 22.5. The van der Waals surface area contributed by atoms with E-state index < -0.39 is 11.6 Å². The molecule has 3 aromatic carbocycles. The second kappa shape index (κ2) is 11.3. The van der Waals surface area contributed by atoms with Gasteiger partial charge in [-0.2, -0.15) is 0 Å². The molecular weight excluding hydrogens is 552 g/mol. The minimum absolute atomic E-state index is 0.205. The molecule has 0 aliphatic carbocycles. The van der Waals surface area contributed by atoms with Gasteiger partial charge in [0, 0.05) is 29.9 Å². The van der Waals surface area contributed by atoms with E-state index in [4.69, 9.17) is 11.6 Å². The van der Waals surface area contributed by atoms with Gasteiger partial charge in [-0.05, 0) is 30.7 Å². The van der Waals surface area contributed by atoms with E-state index in [0.29, 0.717) is 39.8 Å². The number of nitrogens with one attached hydrogen (secondary N) is 3. The molecule has 0 radical (unpaired) electrons. The predicted octanol–water partition coefficient (Wildman–Crippen LogP) is 5.38. The third-order valence-corrected chi connectivity index (χ3v) is 7.45. The summed E-state index contributed by atoms with van der Waals surface area (Å²) in [4.78, 5) is 51.8. The van der Waals surface area contributed by atoms with Crippen molar-refractivity contribution in [2.24, 2.45) is 0 Å². The van der Waals surface area contributed by atoms with Crippen LogP contribution in [-0.4, -0.2) is 25.4 Å². The van der Waals surface area contributed by atoms with Crippen LogP contribution in [0, 0.1) is 0 Å². The van der Waals surface area contributed by atoms with Crippen molar-refractivity contribution >= 4 is 45.1 Å². The van der Waals surface area contributed by atoms with Crippen molar-refractivity contribution in [3.05, 3.63) is 140 Å². The van der Waals surface area contributed by atoms with Crippen LogP contribution >= 0.6 is 11.6 Å². The zero-order valence-corrected chi connectivity index (χ0v) is 23.2. The molecule has 6 aromatic rings. The summed E-state index contributed by atoms with van der Waals surface area (Å²) in [5.41, 5.74) is 1.89. The highest BCUT2D eigenvalue weighted by molar-refractivity contribution is 6.36. The number of pyridine rings is 2. The molecule has 3 N–H and O–H groups in total. The topological polar surface area (TPSA) is 122 Å².